The highest BCUT2D eigenvalue weighted by atomic mass is 16.5. The number of carbonyl (C=O) groups excluding carboxylic acids is 3. The number of nitrogens with one attached hydrogen (secondary N) is 3. The Morgan fingerprint density at radius 1 is 0.935 bits per heavy atom. The van der Waals surface area contributed by atoms with E-state index in [4.69, 9.17) is 9.47 Å². The second-order valence-corrected chi connectivity index (χ2v) is 7.14. The van der Waals surface area contributed by atoms with Gasteiger partial charge >= 0.3 is 0 Å². The van der Waals surface area contributed by atoms with Crippen molar-refractivity contribution in [1.82, 2.24) is 16.0 Å². The van der Waals surface area contributed by atoms with Crippen LogP contribution in [0.2, 0.25) is 0 Å². The van der Waals surface area contributed by atoms with E-state index >= 15 is 0 Å². The molecule has 0 atom stereocenters. The van der Waals surface area contributed by atoms with Gasteiger partial charge in [-0.05, 0) is 44.0 Å². The number of rotatable bonds is 11. The summed E-state index contributed by atoms with van der Waals surface area (Å²) < 4.78 is 10.7. The molecule has 0 aliphatic carbocycles. The standard InChI is InChI=1S/C23H29N3O5/c1-16(2)26-22(28)15-31-19-10-9-18(13-20(19)30-3)23(29)25-14-21(27)24-12-11-17-7-5-4-6-8-17/h4-10,13,16H,11-12,14-15H2,1-3H3,(H,24,27)(H,25,29)(H,26,28). The highest BCUT2D eigenvalue weighted by Gasteiger charge is 2.13. The molecule has 8 nitrogen and oxygen atoms in total. The van der Waals surface area contributed by atoms with Crippen molar-refractivity contribution in [2.75, 3.05) is 26.8 Å². The average molecular weight is 428 g/mol. The van der Waals surface area contributed by atoms with Crippen molar-refractivity contribution < 1.29 is 23.9 Å². The third-order valence-electron chi connectivity index (χ3n) is 4.22. The number of benzene rings is 2. The van der Waals surface area contributed by atoms with Gasteiger partial charge in [0.2, 0.25) is 5.91 Å². The number of hydrogen-bond acceptors (Lipinski definition) is 5. The number of methoxy groups -OCH3 is 1. The topological polar surface area (TPSA) is 106 Å². The third kappa shape index (κ3) is 8.38. The van der Waals surface area contributed by atoms with Crippen molar-refractivity contribution >= 4 is 17.7 Å². The van der Waals surface area contributed by atoms with E-state index in [0.717, 1.165) is 5.56 Å². The summed E-state index contributed by atoms with van der Waals surface area (Å²) >= 11 is 0. The van der Waals surface area contributed by atoms with Crippen LogP contribution < -0.4 is 25.4 Å². The fourth-order valence-corrected chi connectivity index (χ4v) is 2.75. The van der Waals surface area contributed by atoms with Crippen molar-refractivity contribution in [1.29, 1.82) is 0 Å². The fourth-order valence-electron chi connectivity index (χ4n) is 2.75. The molecule has 3 N–H and O–H groups in total. The Balaban J connectivity index is 1.81. The van der Waals surface area contributed by atoms with Gasteiger partial charge in [0.1, 0.15) is 0 Å². The zero-order valence-electron chi connectivity index (χ0n) is 18.1. The Morgan fingerprint density at radius 2 is 1.68 bits per heavy atom. The number of amides is 3. The summed E-state index contributed by atoms with van der Waals surface area (Å²) in [5.74, 6) is -0.279. The van der Waals surface area contributed by atoms with Crippen LogP contribution in [0, 0.1) is 0 Å². The predicted octanol–water partition coefficient (Wildman–Crippen LogP) is 1.69. The van der Waals surface area contributed by atoms with E-state index in [2.05, 4.69) is 16.0 Å². The van der Waals surface area contributed by atoms with E-state index in [0.29, 0.717) is 30.0 Å². The van der Waals surface area contributed by atoms with Gasteiger partial charge in [-0.2, -0.15) is 0 Å². The second-order valence-electron chi connectivity index (χ2n) is 7.14. The highest BCUT2D eigenvalue weighted by Crippen LogP contribution is 2.28. The molecule has 2 aromatic carbocycles. The molecule has 0 spiro atoms. The average Bonchev–Trinajstić information content (AvgIpc) is 2.76. The first-order chi connectivity index (χ1) is 14.9. The van der Waals surface area contributed by atoms with Crippen molar-refractivity contribution in [3.05, 3.63) is 59.7 Å². The summed E-state index contributed by atoms with van der Waals surface area (Å²) in [5.41, 5.74) is 1.44. The first-order valence-electron chi connectivity index (χ1n) is 10.1. The van der Waals surface area contributed by atoms with Crippen LogP contribution in [0.25, 0.3) is 0 Å². The van der Waals surface area contributed by atoms with E-state index in [9.17, 15) is 14.4 Å². The van der Waals surface area contributed by atoms with Gasteiger partial charge in [0.25, 0.3) is 11.8 Å². The van der Waals surface area contributed by atoms with Gasteiger partial charge in [-0.3, -0.25) is 14.4 Å². The lowest BCUT2D eigenvalue weighted by molar-refractivity contribution is -0.123. The highest BCUT2D eigenvalue weighted by molar-refractivity contribution is 5.97. The summed E-state index contributed by atoms with van der Waals surface area (Å²) in [7, 11) is 1.44. The molecule has 3 amide bonds. The van der Waals surface area contributed by atoms with Crippen LogP contribution in [-0.4, -0.2) is 50.6 Å². The normalized spacial score (nSPS) is 10.3. The van der Waals surface area contributed by atoms with Crippen LogP contribution in [0.15, 0.2) is 48.5 Å². The molecule has 31 heavy (non-hydrogen) atoms. The number of hydrogen-bond donors (Lipinski definition) is 3. The lowest BCUT2D eigenvalue weighted by Crippen LogP contribution is -2.37. The quantitative estimate of drug-likeness (QED) is 0.506. The maximum Gasteiger partial charge on any atom is 0.258 e. The molecule has 0 fully saturated rings. The van der Waals surface area contributed by atoms with Gasteiger partial charge in [-0.15, -0.1) is 0 Å². The van der Waals surface area contributed by atoms with Gasteiger partial charge in [-0.1, -0.05) is 30.3 Å². The molecule has 8 heteroatoms. The zero-order chi connectivity index (χ0) is 22.6. The minimum atomic E-state index is -0.416. The largest absolute Gasteiger partial charge is 0.493 e. The van der Waals surface area contributed by atoms with Gasteiger partial charge < -0.3 is 25.4 Å². The maximum atomic E-state index is 12.4. The van der Waals surface area contributed by atoms with Gasteiger partial charge in [0, 0.05) is 18.2 Å². The Labute approximate surface area is 182 Å². The summed E-state index contributed by atoms with van der Waals surface area (Å²) in [4.78, 5) is 36.1. The van der Waals surface area contributed by atoms with E-state index in [1.807, 2.05) is 44.2 Å². The van der Waals surface area contributed by atoms with E-state index < -0.39 is 5.91 Å². The number of carbonyl (C=O) groups is 3. The molecule has 2 aromatic rings. The second kappa shape index (κ2) is 12.2. The first-order valence-corrected chi connectivity index (χ1v) is 10.1. The maximum absolute atomic E-state index is 12.4. The molecule has 0 radical (unpaired) electrons. The molecule has 0 saturated carbocycles. The van der Waals surface area contributed by atoms with Crippen molar-refractivity contribution in [3.8, 4) is 11.5 Å². The van der Waals surface area contributed by atoms with Gasteiger partial charge in [-0.25, -0.2) is 0 Å². The minimum Gasteiger partial charge on any atom is -0.493 e. The van der Waals surface area contributed by atoms with Crippen LogP contribution in [0.4, 0.5) is 0 Å². The number of ether oxygens (including phenoxy) is 2. The molecule has 0 heterocycles. The molecule has 0 unspecified atom stereocenters. The third-order valence-corrected chi connectivity index (χ3v) is 4.22. The smallest absolute Gasteiger partial charge is 0.258 e. The van der Waals surface area contributed by atoms with Crippen molar-refractivity contribution in [2.45, 2.75) is 26.3 Å². The molecule has 0 aliphatic rings. The molecule has 0 saturated heterocycles. The summed E-state index contributed by atoms with van der Waals surface area (Å²) in [5, 5.41) is 8.08. The van der Waals surface area contributed by atoms with Crippen molar-refractivity contribution in [2.24, 2.45) is 0 Å². The van der Waals surface area contributed by atoms with E-state index in [1.54, 1.807) is 12.1 Å². The van der Waals surface area contributed by atoms with Crippen LogP contribution >= 0.6 is 0 Å². The van der Waals surface area contributed by atoms with E-state index in [-0.39, 0.29) is 31.0 Å². The molecule has 166 valence electrons. The molecular formula is C23H29N3O5. The molecule has 0 aromatic heterocycles. The molecular weight excluding hydrogens is 398 g/mol. The molecule has 0 bridgehead atoms. The Hall–Kier alpha value is -3.55. The Morgan fingerprint density at radius 3 is 2.35 bits per heavy atom. The lowest BCUT2D eigenvalue weighted by Gasteiger charge is -2.13. The summed E-state index contributed by atoms with van der Waals surface area (Å²) in [6.07, 6.45) is 0.717. The van der Waals surface area contributed by atoms with E-state index in [1.165, 1.54) is 13.2 Å². The van der Waals surface area contributed by atoms with Crippen LogP contribution in [0.3, 0.4) is 0 Å². The Kier molecular flexibility index (Phi) is 9.35. The minimum absolute atomic E-state index is 0.0135. The first kappa shape index (κ1) is 23.7. The lowest BCUT2D eigenvalue weighted by atomic mass is 10.1. The summed E-state index contributed by atoms with van der Waals surface area (Å²) in [6.45, 7) is 3.90. The Bertz CT molecular complexity index is 884. The van der Waals surface area contributed by atoms with Crippen LogP contribution in [-0.2, 0) is 16.0 Å². The van der Waals surface area contributed by atoms with Gasteiger partial charge in [0.05, 0.1) is 13.7 Å². The molecule has 0 aliphatic heterocycles. The van der Waals surface area contributed by atoms with Crippen LogP contribution in [0.5, 0.6) is 11.5 Å². The summed E-state index contributed by atoms with van der Waals surface area (Å²) in [6, 6.07) is 14.4. The predicted molar refractivity (Wildman–Crippen MR) is 117 cm³/mol. The van der Waals surface area contributed by atoms with Crippen molar-refractivity contribution in [3.63, 3.8) is 0 Å². The van der Waals surface area contributed by atoms with Crippen LogP contribution in [0.1, 0.15) is 29.8 Å². The SMILES string of the molecule is COc1cc(C(=O)NCC(=O)NCCc2ccccc2)ccc1OCC(=O)NC(C)C. The zero-order valence-corrected chi connectivity index (χ0v) is 18.1. The monoisotopic (exact) mass is 427 g/mol. The fraction of sp³-hybridized carbons (Fsp3) is 0.348. The molecule has 2 rings (SSSR count). The van der Waals surface area contributed by atoms with Gasteiger partial charge in [0.15, 0.2) is 18.1 Å².